The average Bonchev–Trinajstić information content (AvgIpc) is 2.93. The summed E-state index contributed by atoms with van der Waals surface area (Å²) in [4.78, 5) is 24.5. The lowest BCUT2D eigenvalue weighted by Gasteiger charge is -2.28. The van der Waals surface area contributed by atoms with E-state index in [1.807, 2.05) is 58.9 Å². The van der Waals surface area contributed by atoms with Crippen molar-refractivity contribution in [3.8, 4) is 11.5 Å². The molecule has 0 amide bonds. The van der Waals surface area contributed by atoms with Crippen LogP contribution in [0, 0.1) is 11.3 Å². The Kier molecular flexibility index (Phi) is 12.4. The van der Waals surface area contributed by atoms with Gasteiger partial charge in [-0.2, -0.15) is 0 Å². The largest absolute Gasteiger partial charge is 0.493 e. The molecule has 0 aliphatic carbocycles. The van der Waals surface area contributed by atoms with Crippen LogP contribution in [0.1, 0.15) is 99.6 Å². The van der Waals surface area contributed by atoms with Gasteiger partial charge in [0, 0.05) is 17.3 Å². The molecule has 2 aromatic rings. The molecule has 5 nitrogen and oxygen atoms in total. The Morgan fingerprint density at radius 2 is 1.22 bits per heavy atom. The smallest absolute Gasteiger partial charge is 0.161 e. The van der Waals surface area contributed by atoms with Crippen molar-refractivity contribution in [2.75, 3.05) is 13.2 Å². The van der Waals surface area contributed by atoms with Gasteiger partial charge in [-0.15, -0.1) is 0 Å². The molecule has 0 fully saturated rings. The molecule has 2 aromatic carbocycles. The van der Waals surface area contributed by atoms with Gasteiger partial charge in [0.05, 0.1) is 18.3 Å². The first kappa shape index (κ1) is 34.3. The number of benzene rings is 2. The third-order valence-corrected chi connectivity index (χ3v) is 8.06. The van der Waals surface area contributed by atoms with Crippen LogP contribution in [0.4, 0.5) is 0 Å². The van der Waals surface area contributed by atoms with Gasteiger partial charge in [0.1, 0.15) is 18.1 Å². The second-order valence-corrected chi connectivity index (χ2v) is 13.0. The normalized spacial score (nSPS) is 14.1. The Balaban J connectivity index is 1.89. The number of ketones is 2. The first-order valence-corrected chi connectivity index (χ1v) is 15.0. The Morgan fingerprint density at radius 3 is 1.68 bits per heavy atom. The standard InChI is InChI=1S/C36H52O5/c1-11-34(5,6)33(38)22-17-30(37)23-26(3)24-39-31-18-13-28(14-19-31)36(9,10)29-15-20-32(21-16-29)40-25-27(4)41-35(7,8)12-2/h13-22,26-27H,11-12,23-25H2,1-10H3/b22-17+. The molecule has 0 spiro atoms. The van der Waals surface area contributed by atoms with Gasteiger partial charge >= 0.3 is 0 Å². The summed E-state index contributed by atoms with van der Waals surface area (Å²) in [6, 6.07) is 16.4. The maximum atomic E-state index is 12.3. The van der Waals surface area contributed by atoms with Crippen molar-refractivity contribution in [2.24, 2.45) is 11.3 Å². The van der Waals surface area contributed by atoms with Crippen molar-refractivity contribution in [1.82, 2.24) is 0 Å². The van der Waals surface area contributed by atoms with E-state index in [0.29, 0.717) is 19.6 Å². The molecule has 0 saturated heterocycles. The fraction of sp³-hybridized carbons (Fsp3) is 0.556. The predicted octanol–water partition coefficient (Wildman–Crippen LogP) is 8.52. The van der Waals surface area contributed by atoms with E-state index in [-0.39, 0.29) is 34.6 Å². The SMILES string of the molecule is CCC(C)(C)OC(C)COc1ccc(C(C)(C)c2ccc(OCC(C)CC(=O)/C=C/C(=O)C(C)(C)CC)cc2)cc1. The van der Waals surface area contributed by atoms with Crippen LogP contribution in [-0.2, 0) is 19.7 Å². The number of carbonyl (C=O) groups excluding carboxylic acids is 2. The maximum absolute atomic E-state index is 12.3. The molecule has 5 heteroatoms. The lowest BCUT2D eigenvalue weighted by molar-refractivity contribution is -0.123. The summed E-state index contributed by atoms with van der Waals surface area (Å²) >= 11 is 0. The molecule has 0 bridgehead atoms. The Hall–Kier alpha value is -2.92. The highest BCUT2D eigenvalue weighted by molar-refractivity contribution is 6.00. The fourth-order valence-corrected chi connectivity index (χ4v) is 4.26. The molecular formula is C36H52O5. The van der Waals surface area contributed by atoms with Crippen LogP contribution in [0.25, 0.3) is 0 Å². The molecule has 2 rings (SSSR count). The van der Waals surface area contributed by atoms with Crippen LogP contribution in [0.2, 0.25) is 0 Å². The van der Waals surface area contributed by atoms with Gasteiger partial charge in [-0.05, 0) is 87.1 Å². The van der Waals surface area contributed by atoms with Crippen molar-refractivity contribution in [3.05, 3.63) is 71.8 Å². The number of rotatable bonds is 17. The van der Waals surface area contributed by atoms with Crippen molar-refractivity contribution in [2.45, 2.75) is 106 Å². The zero-order valence-corrected chi connectivity index (χ0v) is 27.0. The average molecular weight is 565 g/mol. The number of hydrogen-bond donors (Lipinski definition) is 0. The molecule has 0 aliphatic rings. The van der Waals surface area contributed by atoms with E-state index in [2.05, 4.69) is 58.9 Å². The van der Waals surface area contributed by atoms with Crippen LogP contribution in [0.15, 0.2) is 60.7 Å². The van der Waals surface area contributed by atoms with Gasteiger partial charge in [-0.3, -0.25) is 9.59 Å². The zero-order chi connectivity index (χ0) is 30.8. The van der Waals surface area contributed by atoms with E-state index in [0.717, 1.165) is 24.3 Å². The van der Waals surface area contributed by atoms with E-state index < -0.39 is 5.41 Å². The highest BCUT2D eigenvalue weighted by atomic mass is 16.5. The minimum atomic E-state index is -0.440. The predicted molar refractivity (Wildman–Crippen MR) is 168 cm³/mol. The first-order valence-electron chi connectivity index (χ1n) is 15.0. The van der Waals surface area contributed by atoms with E-state index in [9.17, 15) is 9.59 Å². The number of allylic oxidation sites excluding steroid dienone is 2. The van der Waals surface area contributed by atoms with Crippen LogP contribution in [-0.4, -0.2) is 36.5 Å². The minimum Gasteiger partial charge on any atom is -0.493 e. The van der Waals surface area contributed by atoms with Crippen LogP contribution < -0.4 is 9.47 Å². The summed E-state index contributed by atoms with van der Waals surface area (Å²) in [5, 5.41) is 0. The van der Waals surface area contributed by atoms with Crippen molar-refractivity contribution >= 4 is 11.6 Å². The van der Waals surface area contributed by atoms with Crippen LogP contribution in [0.5, 0.6) is 11.5 Å². The Labute approximate surface area is 248 Å². The fourth-order valence-electron chi connectivity index (χ4n) is 4.26. The molecule has 226 valence electrons. The van der Waals surface area contributed by atoms with Crippen molar-refractivity contribution in [1.29, 1.82) is 0 Å². The third kappa shape index (κ3) is 10.8. The lowest BCUT2D eigenvalue weighted by Crippen LogP contribution is -2.31. The minimum absolute atomic E-state index is 0.0102. The highest BCUT2D eigenvalue weighted by Crippen LogP contribution is 2.33. The molecule has 41 heavy (non-hydrogen) atoms. The monoisotopic (exact) mass is 564 g/mol. The summed E-state index contributed by atoms with van der Waals surface area (Å²) in [5.74, 6) is 1.56. The number of hydrogen-bond acceptors (Lipinski definition) is 5. The molecular weight excluding hydrogens is 512 g/mol. The summed E-state index contributed by atoms with van der Waals surface area (Å²) in [5.41, 5.74) is 1.57. The van der Waals surface area contributed by atoms with Crippen LogP contribution in [0.3, 0.4) is 0 Å². The molecule has 0 N–H and O–H groups in total. The van der Waals surface area contributed by atoms with E-state index in [4.69, 9.17) is 14.2 Å². The van der Waals surface area contributed by atoms with E-state index >= 15 is 0 Å². The Morgan fingerprint density at radius 1 is 0.732 bits per heavy atom. The zero-order valence-electron chi connectivity index (χ0n) is 27.0. The molecule has 0 aromatic heterocycles. The molecule has 0 heterocycles. The lowest BCUT2D eigenvalue weighted by atomic mass is 9.78. The van der Waals surface area contributed by atoms with Crippen LogP contribution >= 0.6 is 0 Å². The summed E-state index contributed by atoms with van der Waals surface area (Å²) in [7, 11) is 0. The molecule has 2 unspecified atom stereocenters. The highest BCUT2D eigenvalue weighted by Gasteiger charge is 2.24. The number of ether oxygens (including phenoxy) is 3. The van der Waals surface area contributed by atoms with Crippen molar-refractivity contribution in [3.63, 3.8) is 0 Å². The molecule has 0 aliphatic heterocycles. The quantitative estimate of drug-likeness (QED) is 0.180. The van der Waals surface area contributed by atoms with Gasteiger partial charge in [-0.1, -0.05) is 72.7 Å². The summed E-state index contributed by atoms with van der Waals surface area (Å²) < 4.78 is 18.0. The first-order chi connectivity index (χ1) is 19.1. The van der Waals surface area contributed by atoms with Gasteiger partial charge < -0.3 is 14.2 Å². The Bertz CT molecular complexity index is 1140. The molecule has 2 atom stereocenters. The third-order valence-electron chi connectivity index (χ3n) is 8.06. The maximum Gasteiger partial charge on any atom is 0.161 e. The van der Waals surface area contributed by atoms with Gasteiger partial charge in [0.25, 0.3) is 0 Å². The van der Waals surface area contributed by atoms with E-state index in [1.54, 1.807) is 0 Å². The van der Waals surface area contributed by atoms with Gasteiger partial charge in [-0.25, -0.2) is 0 Å². The summed E-state index contributed by atoms with van der Waals surface area (Å²) in [6.45, 7) is 21.5. The number of carbonyl (C=O) groups is 2. The second-order valence-electron chi connectivity index (χ2n) is 13.0. The summed E-state index contributed by atoms with van der Waals surface area (Å²) in [6.07, 6.45) is 4.87. The topological polar surface area (TPSA) is 61.8 Å². The van der Waals surface area contributed by atoms with Crippen molar-refractivity contribution < 1.29 is 23.8 Å². The molecule has 0 radical (unpaired) electrons. The van der Waals surface area contributed by atoms with Gasteiger partial charge in [0.15, 0.2) is 11.6 Å². The molecule has 0 saturated carbocycles. The second kappa shape index (κ2) is 14.8. The van der Waals surface area contributed by atoms with E-state index in [1.165, 1.54) is 23.3 Å². The van der Waals surface area contributed by atoms with Gasteiger partial charge in [0.2, 0.25) is 0 Å².